The summed E-state index contributed by atoms with van der Waals surface area (Å²) in [6.45, 7) is 5.38. The van der Waals surface area contributed by atoms with Crippen molar-refractivity contribution >= 4 is 22.9 Å². The zero-order chi connectivity index (χ0) is 13.7. The molecule has 0 aliphatic rings. The molecule has 0 fully saturated rings. The molecule has 0 unspecified atom stereocenters. The molecule has 0 radical (unpaired) electrons. The first kappa shape index (κ1) is 14.2. The van der Waals surface area contributed by atoms with Gasteiger partial charge in [-0.1, -0.05) is 36.8 Å². The Balaban J connectivity index is 1.84. The fourth-order valence-corrected chi connectivity index (χ4v) is 2.22. The predicted molar refractivity (Wildman–Crippen MR) is 77.7 cm³/mol. The van der Waals surface area contributed by atoms with E-state index in [1.54, 1.807) is 23.5 Å². The average Bonchev–Trinajstić information content (AvgIpc) is 2.84. The summed E-state index contributed by atoms with van der Waals surface area (Å²) in [5, 5.41) is 14.1. The second-order valence-electron chi connectivity index (χ2n) is 4.37. The maximum Gasteiger partial charge on any atom is 0.155 e. The molecule has 0 spiro atoms. The van der Waals surface area contributed by atoms with Gasteiger partial charge in [-0.15, -0.1) is 10.2 Å². The van der Waals surface area contributed by atoms with Crippen LogP contribution in [0.15, 0.2) is 24.3 Å². The molecule has 1 heterocycles. The summed E-state index contributed by atoms with van der Waals surface area (Å²) in [7, 11) is 0. The van der Waals surface area contributed by atoms with Crippen molar-refractivity contribution in [2.24, 2.45) is 0 Å². The maximum atomic E-state index is 5.81. The molecule has 1 N–H and O–H groups in total. The van der Waals surface area contributed by atoms with Gasteiger partial charge in [0.25, 0.3) is 0 Å². The molecular formula is C13H16ClN3OS. The molecule has 0 saturated heterocycles. The van der Waals surface area contributed by atoms with Gasteiger partial charge in [-0.25, -0.2) is 0 Å². The van der Waals surface area contributed by atoms with E-state index in [1.165, 1.54) is 0 Å². The van der Waals surface area contributed by atoms with Crippen molar-refractivity contribution in [3.63, 3.8) is 0 Å². The lowest BCUT2D eigenvalue weighted by Crippen LogP contribution is -2.21. The fraction of sp³-hybridized carbons (Fsp3) is 0.385. The first-order valence-electron chi connectivity index (χ1n) is 6.06. The van der Waals surface area contributed by atoms with Crippen LogP contribution in [-0.2, 0) is 13.2 Å². The summed E-state index contributed by atoms with van der Waals surface area (Å²) < 4.78 is 5.61. The van der Waals surface area contributed by atoms with Gasteiger partial charge in [0.05, 0.1) is 0 Å². The van der Waals surface area contributed by atoms with E-state index in [-0.39, 0.29) is 0 Å². The third-order valence-corrected chi connectivity index (χ3v) is 3.49. The van der Waals surface area contributed by atoms with Crippen molar-refractivity contribution in [1.82, 2.24) is 15.5 Å². The lowest BCUT2D eigenvalue weighted by Gasteiger charge is -2.04. The molecule has 1 aromatic heterocycles. The largest absolute Gasteiger partial charge is 0.486 e. The quantitative estimate of drug-likeness (QED) is 0.889. The van der Waals surface area contributed by atoms with E-state index >= 15 is 0 Å². The number of nitrogens with one attached hydrogen (secondary N) is 1. The molecule has 0 bridgehead atoms. The van der Waals surface area contributed by atoms with E-state index in [4.69, 9.17) is 16.3 Å². The van der Waals surface area contributed by atoms with Crippen LogP contribution in [0.25, 0.3) is 0 Å². The molecule has 1 aromatic carbocycles. The van der Waals surface area contributed by atoms with Gasteiger partial charge in [0, 0.05) is 17.6 Å². The summed E-state index contributed by atoms with van der Waals surface area (Å²) in [4.78, 5) is 0. The number of halogens is 1. The van der Waals surface area contributed by atoms with E-state index in [2.05, 4.69) is 29.4 Å². The number of benzene rings is 1. The number of nitrogens with zero attached hydrogens (tertiary/aromatic N) is 2. The molecule has 6 heteroatoms. The molecule has 102 valence electrons. The Labute approximate surface area is 121 Å². The Morgan fingerprint density at radius 1 is 1.21 bits per heavy atom. The first-order chi connectivity index (χ1) is 9.13. The summed E-state index contributed by atoms with van der Waals surface area (Å²) in [6.07, 6.45) is 0. The van der Waals surface area contributed by atoms with Crippen molar-refractivity contribution in [3.8, 4) is 5.75 Å². The monoisotopic (exact) mass is 297 g/mol. The number of aromatic nitrogens is 2. The van der Waals surface area contributed by atoms with E-state index in [9.17, 15) is 0 Å². The Kier molecular flexibility index (Phi) is 5.13. The molecule has 0 saturated carbocycles. The van der Waals surface area contributed by atoms with Gasteiger partial charge in [-0.2, -0.15) is 0 Å². The van der Waals surface area contributed by atoms with E-state index in [0.717, 1.165) is 22.3 Å². The zero-order valence-corrected chi connectivity index (χ0v) is 12.5. The highest BCUT2D eigenvalue weighted by Crippen LogP contribution is 2.18. The second kappa shape index (κ2) is 6.84. The Bertz CT molecular complexity index is 513. The standard InChI is InChI=1S/C13H16ClN3OS/c1-9(2)15-7-12-16-17-13(19-12)8-18-11-5-3-10(14)4-6-11/h3-6,9,15H,7-8H2,1-2H3. The van der Waals surface area contributed by atoms with Gasteiger partial charge >= 0.3 is 0 Å². The van der Waals surface area contributed by atoms with Crippen LogP contribution < -0.4 is 10.1 Å². The van der Waals surface area contributed by atoms with Crippen molar-refractivity contribution in [2.75, 3.05) is 0 Å². The van der Waals surface area contributed by atoms with E-state index in [0.29, 0.717) is 17.7 Å². The van der Waals surface area contributed by atoms with Gasteiger partial charge in [0.1, 0.15) is 17.4 Å². The second-order valence-corrected chi connectivity index (χ2v) is 5.95. The van der Waals surface area contributed by atoms with Crippen molar-refractivity contribution in [1.29, 1.82) is 0 Å². The predicted octanol–water partition coefficient (Wildman–Crippen LogP) is 3.27. The Morgan fingerprint density at radius 3 is 2.58 bits per heavy atom. The third-order valence-electron chi connectivity index (χ3n) is 2.35. The van der Waals surface area contributed by atoms with Crippen LogP contribution in [0.1, 0.15) is 23.9 Å². The Morgan fingerprint density at radius 2 is 1.89 bits per heavy atom. The first-order valence-corrected chi connectivity index (χ1v) is 7.26. The smallest absolute Gasteiger partial charge is 0.155 e. The molecule has 0 amide bonds. The van der Waals surface area contributed by atoms with Crippen LogP contribution in [0.3, 0.4) is 0 Å². The summed E-state index contributed by atoms with van der Waals surface area (Å²) in [6, 6.07) is 7.72. The molecule has 2 aromatic rings. The van der Waals surface area contributed by atoms with Crippen LogP contribution in [-0.4, -0.2) is 16.2 Å². The lowest BCUT2D eigenvalue weighted by atomic mass is 10.3. The lowest BCUT2D eigenvalue weighted by molar-refractivity contribution is 0.304. The molecule has 19 heavy (non-hydrogen) atoms. The number of ether oxygens (including phenoxy) is 1. The number of rotatable bonds is 6. The van der Waals surface area contributed by atoms with Crippen LogP contribution in [0, 0.1) is 0 Å². The SMILES string of the molecule is CC(C)NCc1nnc(COc2ccc(Cl)cc2)s1. The van der Waals surface area contributed by atoms with Crippen LogP contribution in [0.5, 0.6) is 5.75 Å². The summed E-state index contributed by atoms with van der Waals surface area (Å²) >= 11 is 7.37. The maximum absolute atomic E-state index is 5.81. The van der Waals surface area contributed by atoms with E-state index < -0.39 is 0 Å². The van der Waals surface area contributed by atoms with Gasteiger partial charge in [0.15, 0.2) is 5.01 Å². The van der Waals surface area contributed by atoms with Gasteiger partial charge in [-0.05, 0) is 24.3 Å². The number of hydrogen-bond acceptors (Lipinski definition) is 5. The van der Waals surface area contributed by atoms with Crippen LogP contribution >= 0.6 is 22.9 Å². The average molecular weight is 298 g/mol. The summed E-state index contributed by atoms with van der Waals surface area (Å²) in [5.41, 5.74) is 0. The molecule has 0 aliphatic carbocycles. The number of hydrogen-bond donors (Lipinski definition) is 1. The van der Waals surface area contributed by atoms with Gasteiger partial charge < -0.3 is 10.1 Å². The van der Waals surface area contributed by atoms with E-state index in [1.807, 2.05) is 12.1 Å². The van der Waals surface area contributed by atoms with Crippen LogP contribution in [0.2, 0.25) is 5.02 Å². The van der Waals surface area contributed by atoms with Gasteiger partial charge in [-0.3, -0.25) is 0 Å². The minimum atomic E-state index is 0.432. The highest BCUT2D eigenvalue weighted by molar-refractivity contribution is 7.11. The Hall–Kier alpha value is -1.17. The van der Waals surface area contributed by atoms with Crippen molar-refractivity contribution < 1.29 is 4.74 Å². The highest BCUT2D eigenvalue weighted by atomic mass is 35.5. The zero-order valence-electron chi connectivity index (χ0n) is 10.9. The third kappa shape index (κ3) is 4.78. The molecule has 4 nitrogen and oxygen atoms in total. The fourth-order valence-electron chi connectivity index (χ4n) is 1.39. The van der Waals surface area contributed by atoms with Gasteiger partial charge in [0.2, 0.25) is 0 Å². The normalized spacial score (nSPS) is 10.9. The minimum Gasteiger partial charge on any atom is -0.486 e. The molecular weight excluding hydrogens is 282 g/mol. The molecule has 2 rings (SSSR count). The van der Waals surface area contributed by atoms with Crippen molar-refractivity contribution in [3.05, 3.63) is 39.3 Å². The molecule has 0 atom stereocenters. The topological polar surface area (TPSA) is 47.0 Å². The molecule has 0 aliphatic heterocycles. The summed E-state index contributed by atoms with van der Waals surface area (Å²) in [5.74, 6) is 0.779. The minimum absolute atomic E-state index is 0.432. The van der Waals surface area contributed by atoms with Crippen molar-refractivity contribution in [2.45, 2.75) is 33.0 Å². The highest BCUT2D eigenvalue weighted by Gasteiger charge is 2.05. The van der Waals surface area contributed by atoms with Crippen LogP contribution in [0.4, 0.5) is 0 Å².